The fourth-order valence-electron chi connectivity index (χ4n) is 2.75. The van der Waals surface area contributed by atoms with Gasteiger partial charge in [-0.25, -0.2) is 8.42 Å². The lowest BCUT2D eigenvalue weighted by Gasteiger charge is -2.35. The Kier molecular flexibility index (Phi) is 4.75. The van der Waals surface area contributed by atoms with Gasteiger partial charge in [0.2, 0.25) is 10.0 Å². The van der Waals surface area contributed by atoms with Gasteiger partial charge in [-0.1, -0.05) is 34.1 Å². The van der Waals surface area contributed by atoms with Crippen molar-refractivity contribution in [3.63, 3.8) is 0 Å². The molecule has 0 saturated carbocycles. The third-order valence-electron chi connectivity index (χ3n) is 4.13. The summed E-state index contributed by atoms with van der Waals surface area (Å²) in [6.45, 7) is 4.47. The molecule has 2 aromatic carbocycles. The summed E-state index contributed by atoms with van der Waals surface area (Å²) < 4.78 is 27.9. The number of benzene rings is 2. The van der Waals surface area contributed by atoms with Crippen molar-refractivity contribution < 1.29 is 8.42 Å². The first kappa shape index (κ1) is 16.5. The highest BCUT2D eigenvalue weighted by Gasteiger charge is 2.28. The van der Waals surface area contributed by atoms with E-state index < -0.39 is 10.0 Å². The van der Waals surface area contributed by atoms with E-state index in [-0.39, 0.29) is 0 Å². The van der Waals surface area contributed by atoms with Crippen LogP contribution < -0.4 is 4.90 Å². The van der Waals surface area contributed by atoms with E-state index in [4.69, 9.17) is 0 Å². The Balaban J connectivity index is 1.72. The van der Waals surface area contributed by atoms with Crippen molar-refractivity contribution in [3.05, 3.63) is 58.6 Å². The Bertz CT molecular complexity index is 785. The molecule has 0 atom stereocenters. The van der Waals surface area contributed by atoms with Crippen molar-refractivity contribution in [3.8, 4) is 0 Å². The number of hydrogen-bond donors (Lipinski definition) is 0. The molecule has 0 unspecified atom stereocenters. The highest BCUT2D eigenvalue weighted by atomic mass is 79.9. The summed E-state index contributed by atoms with van der Waals surface area (Å²) in [7, 11) is -3.38. The topological polar surface area (TPSA) is 40.6 Å². The molecule has 1 saturated heterocycles. The van der Waals surface area contributed by atoms with E-state index in [1.54, 1.807) is 28.6 Å². The highest BCUT2D eigenvalue weighted by molar-refractivity contribution is 9.10. The second kappa shape index (κ2) is 6.63. The van der Waals surface area contributed by atoms with E-state index in [1.807, 2.05) is 12.1 Å². The molecule has 1 aliphatic rings. The van der Waals surface area contributed by atoms with Crippen LogP contribution in [0.15, 0.2) is 57.9 Å². The van der Waals surface area contributed by atoms with E-state index in [0.29, 0.717) is 31.1 Å². The molecule has 0 bridgehead atoms. The largest absolute Gasteiger partial charge is 0.369 e. The summed E-state index contributed by atoms with van der Waals surface area (Å²) in [6, 6.07) is 14.9. The van der Waals surface area contributed by atoms with Crippen molar-refractivity contribution >= 4 is 31.6 Å². The standard InChI is InChI=1S/C17H19BrN2O2S/c1-14-13-15(7-8-17(14)18)19-9-11-20(12-10-19)23(21,22)16-5-3-2-4-6-16/h2-8,13H,9-12H2,1H3. The number of sulfonamides is 1. The molecular formula is C17H19BrN2O2S. The lowest BCUT2D eigenvalue weighted by atomic mass is 10.2. The van der Waals surface area contributed by atoms with Crippen molar-refractivity contribution in [1.82, 2.24) is 4.31 Å². The molecule has 1 heterocycles. The highest BCUT2D eigenvalue weighted by Crippen LogP contribution is 2.25. The lowest BCUT2D eigenvalue weighted by Crippen LogP contribution is -2.48. The fraction of sp³-hybridized carbons (Fsp3) is 0.294. The van der Waals surface area contributed by atoms with Gasteiger partial charge in [-0.05, 0) is 42.8 Å². The van der Waals surface area contributed by atoms with Gasteiger partial charge in [0.15, 0.2) is 0 Å². The number of nitrogens with zero attached hydrogens (tertiary/aromatic N) is 2. The average Bonchev–Trinajstić information content (AvgIpc) is 2.58. The minimum Gasteiger partial charge on any atom is -0.369 e. The van der Waals surface area contributed by atoms with E-state index >= 15 is 0 Å². The van der Waals surface area contributed by atoms with Crippen LogP contribution in [0.4, 0.5) is 5.69 Å². The molecule has 4 nitrogen and oxygen atoms in total. The first-order valence-electron chi connectivity index (χ1n) is 7.55. The van der Waals surface area contributed by atoms with Crippen LogP contribution >= 0.6 is 15.9 Å². The molecule has 2 aromatic rings. The normalized spacial score (nSPS) is 16.5. The van der Waals surface area contributed by atoms with Gasteiger partial charge in [-0.15, -0.1) is 0 Å². The molecule has 6 heteroatoms. The van der Waals surface area contributed by atoms with Crippen LogP contribution in [0.5, 0.6) is 0 Å². The molecule has 1 aliphatic heterocycles. The first-order chi connectivity index (χ1) is 11.0. The van der Waals surface area contributed by atoms with Crippen molar-refractivity contribution in [2.24, 2.45) is 0 Å². The molecule has 0 spiro atoms. The smallest absolute Gasteiger partial charge is 0.243 e. The fourth-order valence-corrected chi connectivity index (χ4v) is 4.44. The molecule has 23 heavy (non-hydrogen) atoms. The maximum Gasteiger partial charge on any atom is 0.243 e. The van der Waals surface area contributed by atoms with Gasteiger partial charge < -0.3 is 4.90 Å². The Morgan fingerprint density at radius 3 is 2.22 bits per heavy atom. The molecule has 0 amide bonds. The van der Waals surface area contributed by atoms with Gasteiger partial charge in [0.05, 0.1) is 4.90 Å². The summed E-state index contributed by atoms with van der Waals surface area (Å²) >= 11 is 3.51. The Labute approximate surface area is 145 Å². The third-order valence-corrected chi connectivity index (χ3v) is 6.93. The van der Waals surface area contributed by atoms with Crippen LogP contribution in [0, 0.1) is 6.92 Å². The monoisotopic (exact) mass is 394 g/mol. The number of piperazine rings is 1. The number of rotatable bonds is 3. The summed E-state index contributed by atoms with van der Waals surface area (Å²) in [4.78, 5) is 2.60. The van der Waals surface area contributed by atoms with Gasteiger partial charge in [0.1, 0.15) is 0 Å². The van der Waals surface area contributed by atoms with E-state index in [0.717, 1.165) is 10.2 Å². The second-order valence-corrected chi connectivity index (χ2v) is 8.43. The van der Waals surface area contributed by atoms with E-state index in [1.165, 1.54) is 5.56 Å². The zero-order chi connectivity index (χ0) is 16.4. The Morgan fingerprint density at radius 2 is 1.61 bits per heavy atom. The van der Waals surface area contributed by atoms with Crippen LogP contribution in [0.3, 0.4) is 0 Å². The first-order valence-corrected chi connectivity index (χ1v) is 9.78. The SMILES string of the molecule is Cc1cc(N2CCN(S(=O)(=O)c3ccccc3)CC2)ccc1Br. The molecule has 3 rings (SSSR count). The maximum atomic E-state index is 12.6. The molecule has 1 fully saturated rings. The average molecular weight is 395 g/mol. The lowest BCUT2D eigenvalue weighted by molar-refractivity contribution is 0.385. The summed E-state index contributed by atoms with van der Waals surface area (Å²) in [5.41, 5.74) is 2.32. The molecule has 0 N–H and O–H groups in total. The Hall–Kier alpha value is -1.37. The molecule has 122 valence electrons. The second-order valence-electron chi connectivity index (χ2n) is 5.64. The van der Waals surface area contributed by atoms with Crippen molar-refractivity contribution in [1.29, 1.82) is 0 Å². The summed E-state index contributed by atoms with van der Waals surface area (Å²) in [5, 5.41) is 0. The number of anilines is 1. The third kappa shape index (κ3) is 3.44. The van der Waals surface area contributed by atoms with Crippen LogP contribution in [0.2, 0.25) is 0 Å². The maximum absolute atomic E-state index is 12.6. The van der Waals surface area contributed by atoms with Crippen molar-refractivity contribution in [2.75, 3.05) is 31.1 Å². The van der Waals surface area contributed by atoms with Crippen LogP contribution in [-0.2, 0) is 10.0 Å². The molecule has 0 aromatic heterocycles. The van der Waals surface area contributed by atoms with Gasteiger partial charge in [0, 0.05) is 36.3 Å². The van der Waals surface area contributed by atoms with Crippen LogP contribution in [-0.4, -0.2) is 38.9 Å². The molecule has 0 aliphatic carbocycles. The van der Waals surface area contributed by atoms with Crippen LogP contribution in [0.25, 0.3) is 0 Å². The molecule has 0 radical (unpaired) electrons. The quantitative estimate of drug-likeness (QED) is 0.801. The number of aryl methyl sites for hydroxylation is 1. The van der Waals surface area contributed by atoms with E-state index in [2.05, 4.69) is 39.9 Å². The Morgan fingerprint density at radius 1 is 0.957 bits per heavy atom. The molecular weight excluding hydrogens is 376 g/mol. The summed E-state index contributed by atoms with van der Waals surface area (Å²) in [5.74, 6) is 0. The zero-order valence-corrected chi connectivity index (χ0v) is 15.3. The van der Waals surface area contributed by atoms with Gasteiger partial charge in [0.25, 0.3) is 0 Å². The van der Waals surface area contributed by atoms with Crippen molar-refractivity contribution in [2.45, 2.75) is 11.8 Å². The van der Waals surface area contributed by atoms with Gasteiger partial charge in [-0.2, -0.15) is 4.31 Å². The van der Waals surface area contributed by atoms with E-state index in [9.17, 15) is 8.42 Å². The minimum absolute atomic E-state index is 0.368. The zero-order valence-electron chi connectivity index (χ0n) is 12.9. The summed E-state index contributed by atoms with van der Waals surface area (Å²) in [6.07, 6.45) is 0. The van der Waals surface area contributed by atoms with Gasteiger partial charge >= 0.3 is 0 Å². The van der Waals surface area contributed by atoms with Crippen LogP contribution in [0.1, 0.15) is 5.56 Å². The predicted octanol–water partition coefficient (Wildman–Crippen LogP) is 3.27. The number of halogens is 1. The van der Waals surface area contributed by atoms with Gasteiger partial charge in [-0.3, -0.25) is 0 Å². The predicted molar refractivity (Wildman–Crippen MR) is 96.3 cm³/mol. The minimum atomic E-state index is -3.38. The number of hydrogen-bond acceptors (Lipinski definition) is 3.